The van der Waals surface area contributed by atoms with Crippen LogP contribution in [0.5, 0.6) is 0 Å². The van der Waals surface area contributed by atoms with Crippen molar-refractivity contribution >= 4 is 18.3 Å². The van der Waals surface area contributed by atoms with Crippen molar-refractivity contribution in [2.45, 2.75) is 31.8 Å². The lowest BCUT2D eigenvalue weighted by atomic mass is 9.78. The molecule has 1 saturated heterocycles. The third-order valence-corrected chi connectivity index (χ3v) is 5.37. The van der Waals surface area contributed by atoms with E-state index in [0.717, 1.165) is 17.8 Å². The van der Waals surface area contributed by atoms with Crippen molar-refractivity contribution in [3.05, 3.63) is 52.2 Å². The van der Waals surface area contributed by atoms with Gasteiger partial charge in [-0.15, -0.1) is 0 Å². The fraction of sp³-hybridized carbons (Fsp3) is 0.421. The zero-order chi connectivity index (χ0) is 21.0. The first-order valence-electron chi connectivity index (χ1n) is 9.27. The number of hydrogen-bond donors (Lipinski definition) is 3. The number of aromatic amines is 1. The third kappa shape index (κ3) is 4.20. The molecule has 0 radical (unpaired) electrons. The van der Waals surface area contributed by atoms with Gasteiger partial charge in [0, 0.05) is 49.8 Å². The van der Waals surface area contributed by atoms with E-state index in [1.165, 1.54) is 6.07 Å². The first-order chi connectivity index (χ1) is 14.0. The lowest BCUT2D eigenvalue weighted by molar-refractivity contribution is -0.135. The molecule has 10 nitrogen and oxygen atoms in total. The number of rotatable bonds is 3. The molecule has 3 N–H and O–H groups in total. The summed E-state index contributed by atoms with van der Waals surface area (Å²) in [6.07, 6.45) is 2.42. The molecule has 2 aliphatic heterocycles. The molecule has 2 aliphatic rings. The van der Waals surface area contributed by atoms with Gasteiger partial charge in [-0.1, -0.05) is 6.07 Å². The number of pyridine rings is 1. The number of piperidine rings is 1. The highest BCUT2D eigenvalue weighted by atomic mass is 16.3. The molecule has 2 amide bonds. The van der Waals surface area contributed by atoms with E-state index in [-0.39, 0.29) is 35.7 Å². The number of carbonyl (C=O) groups excluding carboxylic acids is 2. The van der Waals surface area contributed by atoms with Crippen molar-refractivity contribution in [2.24, 2.45) is 5.92 Å². The summed E-state index contributed by atoms with van der Waals surface area (Å²) in [6.45, 7) is 2.71. The molecule has 2 bridgehead atoms. The minimum atomic E-state index is -0.611. The Labute approximate surface area is 166 Å². The predicted octanol–water partition coefficient (Wildman–Crippen LogP) is 0.0953. The fourth-order valence-corrected chi connectivity index (χ4v) is 4.20. The number of carbonyl (C=O) groups is 3. The Balaban J connectivity index is 0.000000755. The van der Waals surface area contributed by atoms with Crippen molar-refractivity contribution in [1.82, 2.24) is 25.0 Å². The summed E-state index contributed by atoms with van der Waals surface area (Å²) >= 11 is 0. The number of carboxylic acid groups (broad SMARTS) is 1. The highest BCUT2D eigenvalue weighted by molar-refractivity contribution is 5.81. The van der Waals surface area contributed by atoms with E-state index >= 15 is 0 Å². The van der Waals surface area contributed by atoms with Crippen LogP contribution in [-0.2, 0) is 20.9 Å². The summed E-state index contributed by atoms with van der Waals surface area (Å²) in [5, 5.41) is 16.5. The predicted molar refractivity (Wildman–Crippen MR) is 102 cm³/mol. The maximum atomic E-state index is 13.0. The number of nitrogens with zero attached hydrogens (tertiary/aromatic N) is 3. The maximum absolute atomic E-state index is 13.0. The van der Waals surface area contributed by atoms with E-state index in [4.69, 9.17) is 9.90 Å². The first-order valence-corrected chi connectivity index (χ1v) is 9.27. The number of likely N-dealkylation sites (tertiary alicyclic amines) is 1. The Hall–Kier alpha value is -3.43. The van der Waals surface area contributed by atoms with E-state index < -0.39 is 6.04 Å². The molecule has 3 atom stereocenters. The van der Waals surface area contributed by atoms with Crippen LogP contribution >= 0.6 is 0 Å². The molecule has 0 unspecified atom stereocenters. The van der Waals surface area contributed by atoms with Crippen molar-refractivity contribution < 1.29 is 19.5 Å². The SMILES string of the molecule is CC(=O)N1C[C@H]2C[C@@H](C1)[C@H](C(=O)NCc1ccn[nH]1)n1c2cccc1=O.O=CO. The number of aromatic nitrogens is 3. The summed E-state index contributed by atoms with van der Waals surface area (Å²) < 4.78 is 1.62. The summed E-state index contributed by atoms with van der Waals surface area (Å²) in [5.41, 5.74) is 1.46. The zero-order valence-corrected chi connectivity index (χ0v) is 15.9. The quantitative estimate of drug-likeness (QED) is 0.624. The fourth-order valence-electron chi connectivity index (χ4n) is 4.20. The largest absolute Gasteiger partial charge is 0.483 e. The maximum Gasteiger partial charge on any atom is 0.290 e. The zero-order valence-electron chi connectivity index (χ0n) is 15.9. The van der Waals surface area contributed by atoms with Crippen LogP contribution in [0.15, 0.2) is 35.3 Å². The van der Waals surface area contributed by atoms with E-state index in [1.807, 2.05) is 6.07 Å². The molecule has 2 aromatic rings. The Morgan fingerprint density at radius 1 is 1.34 bits per heavy atom. The first kappa shape index (κ1) is 20.3. The third-order valence-electron chi connectivity index (χ3n) is 5.37. The second-order valence-electron chi connectivity index (χ2n) is 7.13. The molecular formula is C19H23N5O5. The van der Waals surface area contributed by atoms with Crippen LogP contribution in [0, 0.1) is 5.92 Å². The van der Waals surface area contributed by atoms with Gasteiger partial charge in [-0.2, -0.15) is 5.10 Å². The Kier molecular flexibility index (Phi) is 6.10. The lowest BCUT2D eigenvalue weighted by Gasteiger charge is -2.46. The second-order valence-corrected chi connectivity index (χ2v) is 7.13. The van der Waals surface area contributed by atoms with Crippen molar-refractivity contribution in [1.29, 1.82) is 0 Å². The van der Waals surface area contributed by atoms with Gasteiger partial charge in [0.1, 0.15) is 6.04 Å². The number of fused-ring (bicyclic) bond motifs is 4. The number of H-pyrrole nitrogens is 1. The van der Waals surface area contributed by atoms with Crippen LogP contribution < -0.4 is 10.9 Å². The summed E-state index contributed by atoms with van der Waals surface area (Å²) in [5.74, 6) is -0.193. The summed E-state index contributed by atoms with van der Waals surface area (Å²) in [4.78, 5) is 47.6. The summed E-state index contributed by atoms with van der Waals surface area (Å²) in [6, 6.07) is 6.28. The normalized spacial score (nSPS) is 22.0. The number of hydrogen-bond acceptors (Lipinski definition) is 5. The molecule has 0 aromatic carbocycles. The molecule has 1 fully saturated rings. The second kappa shape index (κ2) is 8.72. The van der Waals surface area contributed by atoms with E-state index in [9.17, 15) is 14.4 Å². The van der Waals surface area contributed by atoms with Gasteiger partial charge in [0.05, 0.1) is 12.2 Å². The van der Waals surface area contributed by atoms with Crippen LogP contribution in [0.3, 0.4) is 0 Å². The average Bonchev–Trinajstić information content (AvgIpc) is 3.21. The van der Waals surface area contributed by atoms with Gasteiger partial charge in [-0.05, 0) is 18.6 Å². The topological polar surface area (TPSA) is 137 Å². The molecule has 29 heavy (non-hydrogen) atoms. The molecule has 0 aliphatic carbocycles. The minimum Gasteiger partial charge on any atom is -0.483 e. The van der Waals surface area contributed by atoms with Crippen LogP contribution in [0.2, 0.25) is 0 Å². The summed E-state index contributed by atoms with van der Waals surface area (Å²) in [7, 11) is 0. The van der Waals surface area contributed by atoms with Gasteiger partial charge in [0.2, 0.25) is 11.8 Å². The van der Waals surface area contributed by atoms with E-state index in [0.29, 0.717) is 19.6 Å². The molecule has 0 spiro atoms. The smallest absolute Gasteiger partial charge is 0.290 e. The van der Waals surface area contributed by atoms with Crippen LogP contribution in [0.4, 0.5) is 0 Å². The van der Waals surface area contributed by atoms with Crippen molar-refractivity contribution in [2.75, 3.05) is 13.1 Å². The van der Waals surface area contributed by atoms with Crippen molar-refractivity contribution in [3.63, 3.8) is 0 Å². The molecule has 10 heteroatoms. The average molecular weight is 401 g/mol. The number of nitrogens with one attached hydrogen (secondary N) is 2. The lowest BCUT2D eigenvalue weighted by Crippen LogP contribution is -2.54. The van der Waals surface area contributed by atoms with Gasteiger partial charge < -0.3 is 15.3 Å². The van der Waals surface area contributed by atoms with Gasteiger partial charge in [-0.25, -0.2) is 0 Å². The van der Waals surface area contributed by atoms with Crippen LogP contribution in [0.1, 0.15) is 36.7 Å². The van der Waals surface area contributed by atoms with Crippen LogP contribution in [0.25, 0.3) is 0 Å². The molecular weight excluding hydrogens is 378 g/mol. The van der Waals surface area contributed by atoms with Crippen molar-refractivity contribution in [3.8, 4) is 0 Å². The molecule has 2 aromatic heterocycles. The Bertz CT molecular complexity index is 939. The molecule has 4 heterocycles. The van der Waals surface area contributed by atoms with Gasteiger partial charge >= 0.3 is 0 Å². The Morgan fingerprint density at radius 3 is 2.76 bits per heavy atom. The number of amides is 2. The van der Waals surface area contributed by atoms with E-state index in [2.05, 4.69) is 15.5 Å². The standard InChI is InChI=1S/C18H21N5O3.CH2O2/c1-11(24)22-9-12-7-13(10-22)17(23-15(12)3-2-4-16(23)25)18(26)19-8-14-5-6-20-21-14;2-1-3/h2-6,12-13,17H,7-10H2,1H3,(H,19,26)(H,20,21);1H,(H,2,3)/t12-,13+,17-;/m1./s1. The van der Waals surface area contributed by atoms with E-state index in [1.54, 1.807) is 34.7 Å². The van der Waals surface area contributed by atoms with Gasteiger partial charge in [-0.3, -0.25) is 28.8 Å². The van der Waals surface area contributed by atoms with Gasteiger partial charge in [0.15, 0.2) is 0 Å². The minimum absolute atomic E-state index is 0.00282. The van der Waals surface area contributed by atoms with Crippen LogP contribution in [-0.4, -0.2) is 56.1 Å². The monoisotopic (exact) mass is 401 g/mol. The Morgan fingerprint density at radius 2 is 2.10 bits per heavy atom. The molecule has 0 saturated carbocycles. The highest BCUT2D eigenvalue weighted by Crippen LogP contribution is 2.41. The highest BCUT2D eigenvalue weighted by Gasteiger charge is 2.44. The molecule has 154 valence electrons. The molecule has 4 rings (SSSR count). The van der Waals surface area contributed by atoms with Gasteiger partial charge in [0.25, 0.3) is 12.0 Å².